The average molecular weight is 272 g/mol. The third-order valence-electron chi connectivity index (χ3n) is 2.93. The van der Waals surface area contributed by atoms with Crippen molar-refractivity contribution in [1.82, 2.24) is 0 Å². The fourth-order valence-corrected chi connectivity index (χ4v) is 1.88. The van der Waals surface area contributed by atoms with Crippen molar-refractivity contribution in [3.63, 3.8) is 0 Å². The first kappa shape index (κ1) is 14.7. The molecule has 0 fully saturated rings. The lowest BCUT2D eigenvalue weighted by atomic mass is 10.2. The molecule has 106 valence electrons. The summed E-state index contributed by atoms with van der Waals surface area (Å²) in [6, 6.07) is 20.5. The van der Waals surface area contributed by atoms with Gasteiger partial charge in [-0.3, -0.25) is 0 Å². The topological polar surface area (TPSA) is 46.1 Å². The summed E-state index contributed by atoms with van der Waals surface area (Å²) in [4.78, 5) is 0. The van der Waals surface area contributed by atoms with Gasteiger partial charge in [-0.25, -0.2) is 0 Å². The molecule has 0 unspecified atom stereocenters. The van der Waals surface area contributed by atoms with Gasteiger partial charge in [0.15, 0.2) is 0 Å². The van der Waals surface area contributed by atoms with Gasteiger partial charge in [-0.2, -0.15) is 0 Å². The van der Waals surface area contributed by atoms with Crippen molar-refractivity contribution in [1.29, 1.82) is 0 Å². The molecule has 0 aliphatic rings. The van der Waals surface area contributed by atoms with Gasteiger partial charge in [-0.15, -0.1) is 0 Å². The van der Waals surface area contributed by atoms with Gasteiger partial charge in [0.1, 0.15) is 19.3 Å². The molecule has 3 N–H and O–H groups in total. The molecular formula is C17H22NO2+. The Morgan fingerprint density at radius 3 is 1.50 bits per heavy atom. The monoisotopic (exact) mass is 272 g/mol. The number of quaternary nitrogens is 1. The number of ether oxygens (including phenoxy) is 2. The van der Waals surface area contributed by atoms with Crippen LogP contribution in [0.1, 0.15) is 11.1 Å². The van der Waals surface area contributed by atoms with Gasteiger partial charge in [-0.05, 0) is 11.1 Å². The third kappa shape index (κ3) is 5.53. The number of hydrogen-bond donors (Lipinski definition) is 1. The lowest BCUT2D eigenvalue weighted by Crippen LogP contribution is -2.65. The van der Waals surface area contributed by atoms with Crippen molar-refractivity contribution in [2.45, 2.75) is 19.3 Å². The molecule has 0 atom stereocenters. The zero-order chi connectivity index (χ0) is 14.0. The van der Waals surface area contributed by atoms with Crippen molar-refractivity contribution in [2.75, 3.05) is 13.2 Å². The van der Waals surface area contributed by atoms with Crippen molar-refractivity contribution < 1.29 is 15.2 Å². The lowest BCUT2D eigenvalue weighted by molar-refractivity contribution is -0.434. The van der Waals surface area contributed by atoms with E-state index in [0.717, 1.165) is 0 Å². The van der Waals surface area contributed by atoms with Crippen molar-refractivity contribution in [3.8, 4) is 0 Å². The van der Waals surface area contributed by atoms with Crippen LogP contribution in [0.4, 0.5) is 0 Å². The van der Waals surface area contributed by atoms with E-state index < -0.39 is 0 Å². The molecule has 0 aliphatic heterocycles. The van der Waals surface area contributed by atoms with E-state index in [-0.39, 0.29) is 6.04 Å². The SMILES string of the molecule is [NH3+]C(COCc1ccccc1)COCc1ccccc1. The highest BCUT2D eigenvalue weighted by molar-refractivity contribution is 5.14. The molecule has 0 saturated heterocycles. The van der Waals surface area contributed by atoms with E-state index in [4.69, 9.17) is 9.47 Å². The van der Waals surface area contributed by atoms with Crippen LogP contribution in [0.3, 0.4) is 0 Å². The second kappa shape index (κ2) is 8.48. The summed E-state index contributed by atoms with van der Waals surface area (Å²) < 4.78 is 11.3. The van der Waals surface area contributed by atoms with E-state index in [2.05, 4.69) is 30.0 Å². The Bertz CT molecular complexity index is 427. The predicted molar refractivity (Wildman–Crippen MR) is 78.9 cm³/mol. The lowest BCUT2D eigenvalue weighted by Gasteiger charge is -2.10. The summed E-state index contributed by atoms with van der Waals surface area (Å²) in [5.74, 6) is 0. The molecule has 0 heterocycles. The Balaban J connectivity index is 1.58. The largest absolute Gasteiger partial charge is 0.371 e. The zero-order valence-corrected chi connectivity index (χ0v) is 11.7. The number of benzene rings is 2. The van der Waals surface area contributed by atoms with Crippen LogP contribution in [0.5, 0.6) is 0 Å². The highest BCUT2D eigenvalue weighted by Gasteiger charge is 2.06. The maximum atomic E-state index is 5.64. The minimum atomic E-state index is 0.155. The van der Waals surface area contributed by atoms with Crippen molar-refractivity contribution >= 4 is 0 Å². The zero-order valence-electron chi connectivity index (χ0n) is 11.7. The van der Waals surface area contributed by atoms with E-state index in [1.807, 2.05) is 36.4 Å². The summed E-state index contributed by atoms with van der Waals surface area (Å²) in [6.45, 7) is 2.49. The minimum absolute atomic E-state index is 0.155. The Morgan fingerprint density at radius 2 is 1.10 bits per heavy atom. The van der Waals surface area contributed by atoms with E-state index >= 15 is 0 Å². The van der Waals surface area contributed by atoms with Gasteiger partial charge in [-0.1, -0.05) is 60.7 Å². The summed E-state index contributed by atoms with van der Waals surface area (Å²) >= 11 is 0. The molecule has 3 nitrogen and oxygen atoms in total. The van der Waals surface area contributed by atoms with Crippen LogP contribution >= 0.6 is 0 Å². The summed E-state index contributed by atoms with van der Waals surface area (Å²) in [7, 11) is 0. The fraction of sp³-hybridized carbons (Fsp3) is 0.294. The smallest absolute Gasteiger partial charge is 0.132 e. The highest BCUT2D eigenvalue weighted by Crippen LogP contribution is 2.02. The minimum Gasteiger partial charge on any atom is -0.371 e. The van der Waals surface area contributed by atoms with Gasteiger partial charge in [0, 0.05) is 0 Å². The molecule has 0 aliphatic carbocycles. The number of rotatable bonds is 8. The van der Waals surface area contributed by atoms with Crippen LogP contribution in [0.15, 0.2) is 60.7 Å². The molecule has 0 aromatic heterocycles. The number of hydrogen-bond acceptors (Lipinski definition) is 2. The molecule has 2 aromatic carbocycles. The molecule has 3 heteroatoms. The molecule has 0 bridgehead atoms. The molecule has 0 amide bonds. The maximum Gasteiger partial charge on any atom is 0.132 e. The third-order valence-corrected chi connectivity index (χ3v) is 2.93. The van der Waals surface area contributed by atoms with Crippen LogP contribution in [0.2, 0.25) is 0 Å². The van der Waals surface area contributed by atoms with Gasteiger partial charge in [0.2, 0.25) is 0 Å². The molecule has 0 spiro atoms. The standard InChI is InChI=1S/C17H21NO2/c18-17(13-19-11-15-7-3-1-4-8-15)14-20-12-16-9-5-2-6-10-16/h1-10,17H,11-14,18H2/p+1. The molecule has 2 aromatic rings. The summed E-state index contributed by atoms with van der Waals surface area (Å²) in [5.41, 5.74) is 6.42. The average Bonchev–Trinajstić information content (AvgIpc) is 2.49. The first-order chi connectivity index (χ1) is 9.84. The predicted octanol–water partition coefficient (Wildman–Crippen LogP) is 2.03. The van der Waals surface area contributed by atoms with Gasteiger partial charge in [0.25, 0.3) is 0 Å². The van der Waals surface area contributed by atoms with Crippen LogP contribution < -0.4 is 5.73 Å². The van der Waals surface area contributed by atoms with Crippen LogP contribution in [0.25, 0.3) is 0 Å². The van der Waals surface area contributed by atoms with E-state index in [1.54, 1.807) is 0 Å². The second-order valence-corrected chi connectivity index (χ2v) is 4.87. The van der Waals surface area contributed by atoms with E-state index in [1.165, 1.54) is 11.1 Å². The Labute approximate surface area is 120 Å². The normalized spacial score (nSPS) is 10.9. The van der Waals surface area contributed by atoms with E-state index in [0.29, 0.717) is 26.4 Å². The highest BCUT2D eigenvalue weighted by atomic mass is 16.5. The Kier molecular flexibility index (Phi) is 6.24. The fourth-order valence-electron chi connectivity index (χ4n) is 1.88. The summed E-state index contributed by atoms with van der Waals surface area (Å²) in [5, 5.41) is 0. The first-order valence-corrected chi connectivity index (χ1v) is 6.91. The second-order valence-electron chi connectivity index (χ2n) is 4.87. The first-order valence-electron chi connectivity index (χ1n) is 6.91. The molecule has 20 heavy (non-hydrogen) atoms. The maximum absolute atomic E-state index is 5.64. The molecule has 0 radical (unpaired) electrons. The summed E-state index contributed by atoms with van der Waals surface area (Å²) in [6.07, 6.45) is 0. The van der Waals surface area contributed by atoms with Crippen LogP contribution in [0, 0.1) is 0 Å². The van der Waals surface area contributed by atoms with Crippen molar-refractivity contribution in [3.05, 3.63) is 71.8 Å². The molecular weight excluding hydrogens is 250 g/mol. The Hall–Kier alpha value is -1.68. The molecule has 0 saturated carbocycles. The van der Waals surface area contributed by atoms with E-state index in [9.17, 15) is 0 Å². The van der Waals surface area contributed by atoms with Gasteiger partial charge < -0.3 is 15.2 Å². The van der Waals surface area contributed by atoms with Crippen LogP contribution in [-0.4, -0.2) is 19.3 Å². The molecule has 2 rings (SSSR count). The van der Waals surface area contributed by atoms with Crippen molar-refractivity contribution in [2.24, 2.45) is 0 Å². The quantitative estimate of drug-likeness (QED) is 0.799. The Morgan fingerprint density at radius 1 is 0.700 bits per heavy atom. The van der Waals surface area contributed by atoms with Crippen LogP contribution in [-0.2, 0) is 22.7 Å². The van der Waals surface area contributed by atoms with Gasteiger partial charge >= 0.3 is 0 Å². The van der Waals surface area contributed by atoms with Gasteiger partial charge in [0.05, 0.1) is 13.2 Å².